The number of aliphatic hydroxyl groups is 1. The molecule has 0 aliphatic carbocycles. The first kappa shape index (κ1) is 11.9. The van der Waals surface area contributed by atoms with Crippen LogP contribution in [0.1, 0.15) is 40.5 Å². The van der Waals surface area contributed by atoms with Crippen molar-refractivity contribution in [2.75, 3.05) is 6.61 Å². The van der Waals surface area contributed by atoms with E-state index in [-0.39, 0.29) is 12.2 Å². The minimum Gasteiger partial charge on any atom is -0.390 e. The molecule has 2 heteroatoms. The molecule has 0 aromatic heterocycles. The van der Waals surface area contributed by atoms with Gasteiger partial charge in [0, 0.05) is 6.61 Å². The second-order valence-corrected chi connectivity index (χ2v) is 3.73. The molecule has 2 unspecified atom stereocenters. The van der Waals surface area contributed by atoms with Crippen LogP contribution in [0.4, 0.5) is 0 Å². The number of rotatable bonds is 6. The summed E-state index contributed by atoms with van der Waals surface area (Å²) in [6.45, 7) is 8.99. The van der Waals surface area contributed by atoms with Crippen molar-refractivity contribution in [3.05, 3.63) is 0 Å². The zero-order valence-electron chi connectivity index (χ0n) is 8.71. The van der Waals surface area contributed by atoms with Gasteiger partial charge >= 0.3 is 0 Å². The first-order valence-corrected chi connectivity index (χ1v) is 4.87. The molecule has 0 saturated carbocycles. The van der Waals surface area contributed by atoms with Crippen LogP contribution in [0.2, 0.25) is 0 Å². The summed E-state index contributed by atoms with van der Waals surface area (Å²) in [6, 6.07) is 0. The molecule has 1 N–H and O–H groups in total. The van der Waals surface area contributed by atoms with Gasteiger partial charge in [-0.25, -0.2) is 0 Å². The minimum absolute atomic E-state index is 0.0197. The molecule has 0 fully saturated rings. The molecule has 0 spiro atoms. The fraction of sp³-hybridized carbons (Fsp3) is 1.00. The third kappa shape index (κ3) is 5.56. The monoisotopic (exact) mass is 174 g/mol. The average Bonchev–Trinajstić information content (AvgIpc) is 2.02. The van der Waals surface area contributed by atoms with E-state index in [1.165, 1.54) is 0 Å². The van der Waals surface area contributed by atoms with Crippen molar-refractivity contribution < 1.29 is 9.84 Å². The van der Waals surface area contributed by atoms with E-state index < -0.39 is 0 Å². The average molecular weight is 174 g/mol. The number of hydrogen-bond donors (Lipinski definition) is 1. The van der Waals surface area contributed by atoms with Gasteiger partial charge in [0.1, 0.15) is 0 Å². The van der Waals surface area contributed by atoms with Crippen LogP contribution in [0.5, 0.6) is 0 Å². The first-order valence-electron chi connectivity index (χ1n) is 4.87. The third-order valence-corrected chi connectivity index (χ3v) is 2.04. The molecule has 0 rings (SSSR count). The van der Waals surface area contributed by atoms with Gasteiger partial charge in [0.05, 0.1) is 12.2 Å². The van der Waals surface area contributed by atoms with E-state index in [1.54, 1.807) is 0 Å². The van der Waals surface area contributed by atoms with E-state index in [4.69, 9.17) is 4.74 Å². The molecule has 0 aliphatic rings. The van der Waals surface area contributed by atoms with E-state index in [9.17, 15) is 5.11 Å². The summed E-state index contributed by atoms with van der Waals surface area (Å²) < 4.78 is 5.46. The van der Waals surface area contributed by atoms with Crippen molar-refractivity contribution in [3.63, 3.8) is 0 Å². The Hall–Kier alpha value is -0.0800. The molecular weight excluding hydrogens is 152 g/mol. The second kappa shape index (κ2) is 6.44. The van der Waals surface area contributed by atoms with E-state index in [1.807, 2.05) is 13.8 Å². The summed E-state index contributed by atoms with van der Waals surface area (Å²) in [5, 5.41) is 9.37. The Bertz CT molecular complexity index is 102. The van der Waals surface area contributed by atoms with Crippen molar-refractivity contribution in [3.8, 4) is 0 Å². The van der Waals surface area contributed by atoms with Crippen molar-refractivity contribution in [1.82, 2.24) is 0 Å². The largest absolute Gasteiger partial charge is 0.390 e. The third-order valence-electron chi connectivity index (χ3n) is 2.04. The molecule has 0 radical (unpaired) electrons. The quantitative estimate of drug-likeness (QED) is 0.669. The normalized spacial score (nSPS) is 16.5. The van der Waals surface area contributed by atoms with E-state index in [2.05, 4.69) is 13.8 Å². The van der Waals surface area contributed by atoms with Crippen LogP contribution in [0.15, 0.2) is 0 Å². The maximum atomic E-state index is 9.37. The highest BCUT2D eigenvalue weighted by molar-refractivity contribution is 4.61. The summed E-state index contributed by atoms with van der Waals surface area (Å²) in [5.41, 5.74) is 0. The van der Waals surface area contributed by atoms with Crippen LogP contribution in [-0.4, -0.2) is 23.9 Å². The summed E-state index contributed by atoms with van der Waals surface area (Å²) >= 11 is 0. The van der Waals surface area contributed by atoms with Crippen molar-refractivity contribution in [2.45, 2.75) is 52.7 Å². The number of hydrogen-bond acceptors (Lipinski definition) is 2. The van der Waals surface area contributed by atoms with Gasteiger partial charge < -0.3 is 9.84 Å². The van der Waals surface area contributed by atoms with Gasteiger partial charge in [0.25, 0.3) is 0 Å². The Kier molecular flexibility index (Phi) is 6.39. The smallest absolute Gasteiger partial charge is 0.0805 e. The summed E-state index contributed by atoms with van der Waals surface area (Å²) in [6.07, 6.45) is 1.51. The van der Waals surface area contributed by atoms with Crippen LogP contribution >= 0.6 is 0 Å². The maximum absolute atomic E-state index is 9.37. The minimum atomic E-state index is -0.308. The van der Waals surface area contributed by atoms with E-state index in [0.29, 0.717) is 5.92 Å². The lowest BCUT2D eigenvalue weighted by molar-refractivity contribution is -0.0307. The van der Waals surface area contributed by atoms with Crippen LogP contribution in [-0.2, 0) is 4.74 Å². The Morgan fingerprint density at radius 3 is 2.25 bits per heavy atom. The van der Waals surface area contributed by atoms with E-state index >= 15 is 0 Å². The lowest BCUT2D eigenvalue weighted by Gasteiger charge is -2.18. The topological polar surface area (TPSA) is 29.5 Å². The van der Waals surface area contributed by atoms with Crippen LogP contribution in [0, 0.1) is 5.92 Å². The van der Waals surface area contributed by atoms with Gasteiger partial charge in [-0.15, -0.1) is 0 Å². The van der Waals surface area contributed by atoms with Crippen LogP contribution in [0.3, 0.4) is 0 Å². The van der Waals surface area contributed by atoms with E-state index in [0.717, 1.165) is 19.4 Å². The standard InChI is InChI=1S/C10H22O2/c1-5-10(11)9(4)12-7-6-8(2)3/h8-11H,5-7H2,1-4H3. The Balaban J connectivity index is 3.37. The van der Waals surface area contributed by atoms with Gasteiger partial charge in [-0.1, -0.05) is 20.8 Å². The Morgan fingerprint density at radius 2 is 1.83 bits per heavy atom. The molecule has 0 bridgehead atoms. The molecule has 0 heterocycles. The molecule has 12 heavy (non-hydrogen) atoms. The number of aliphatic hydroxyl groups excluding tert-OH is 1. The predicted molar refractivity (Wildman–Crippen MR) is 51.2 cm³/mol. The predicted octanol–water partition coefficient (Wildman–Crippen LogP) is 2.21. The van der Waals surface area contributed by atoms with Crippen molar-refractivity contribution in [2.24, 2.45) is 5.92 Å². The van der Waals surface area contributed by atoms with Gasteiger partial charge in [0.2, 0.25) is 0 Å². The molecule has 74 valence electrons. The number of ether oxygens (including phenoxy) is 1. The fourth-order valence-electron chi connectivity index (χ4n) is 0.933. The van der Waals surface area contributed by atoms with Gasteiger partial charge in [0.15, 0.2) is 0 Å². The molecule has 0 saturated heterocycles. The lowest BCUT2D eigenvalue weighted by Crippen LogP contribution is -2.25. The highest BCUT2D eigenvalue weighted by Gasteiger charge is 2.11. The molecule has 2 atom stereocenters. The van der Waals surface area contributed by atoms with Gasteiger partial charge in [-0.3, -0.25) is 0 Å². The van der Waals surface area contributed by atoms with Crippen molar-refractivity contribution in [1.29, 1.82) is 0 Å². The van der Waals surface area contributed by atoms with Crippen molar-refractivity contribution >= 4 is 0 Å². The Labute approximate surface area is 75.9 Å². The molecule has 0 aliphatic heterocycles. The summed E-state index contributed by atoms with van der Waals surface area (Å²) in [7, 11) is 0. The zero-order valence-corrected chi connectivity index (χ0v) is 8.71. The first-order chi connectivity index (χ1) is 5.57. The molecule has 0 aromatic carbocycles. The highest BCUT2D eigenvalue weighted by Crippen LogP contribution is 2.05. The summed E-state index contributed by atoms with van der Waals surface area (Å²) in [5.74, 6) is 0.677. The lowest BCUT2D eigenvalue weighted by atomic mass is 10.1. The Morgan fingerprint density at radius 1 is 1.25 bits per heavy atom. The second-order valence-electron chi connectivity index (χ2n) is 3.73. The van der Waals surface area contributed by atoms with Crippen LogP contribution in [0.25, 0.3) is 0 Å². The zero-order chi connectivity index (χ0) is 9.56. The fourth-order valence-corrected chi connectivity index (χ4v) is 0.933. The van der Waals surface area contributed by atoms with Gasteiger partial charge in [-0.2, -0.15) is 0 Å². The molecular formula is C10H22O2. The molecule has 0 aromatic rings. The molecule has 2 nitrogen and oxygen atoms in total. The highest BCUT2D eigenvalue weighted by atomic mass is 16.5. The summed E-state index contributed by atoms with van der Waals surface area (Å²) in [4.78, 5) is 0. The SMILES string of the molecule is CCC(O)C(C)OCCC(C)C. The maximum Gasteiger partial charge on any atom is 0.0805 e. The van der Waals surface area contributed by atoms with Gasteiger partial charge in [-0.05, 0) is 25.7 Å². The molecule has 0 amide bonds. The van der Waals surface area contributed by atoms with Crippen LogP contribution < -0.4 is 0 Å².